The van der Waals surface area contributed by atoms with Gasteiger partial charge in [0.1, 0.15) is 5.60 Å². The molecule has 2 heterocycles. The third-order valence-corrected chi connectivity index (χ3v) is 7.05. The molecule has 3 N–H and O–H groups in total. The Morgan fingerprint density at radius 2 is 1.90 bits per heavy atom. The van der Waals surface area contributed by atoms with Crippen molar-refractivity contribution >= 4 is 33.5 Å². The van der Waals surface area contributed by atoms with Crippen LogP contribution in [-0.2, 0) is 26.3 Å². The number of oxime groups is 1. The zero-order valence-electron chi connectivity index (χ0n) is 16.5. The predicted octanol–water partition coefficient (Wildman–Crippen LogP) is 1.33. The summed E-state index contributed by atoms with van der Waals surface area (Å²) in [6.07, 6.45) is 2.05. The Hall–Kier alpha value is -1.72. The third-order valence-electron chi connectivity index (χ3n) is 4.85. The summed E-state index contributed by atoms with van der Waals surface area (Å²) in [6, 6.07) is 7.75. The smallest absolute Gasteiger partial charge is 0.353 e. The number of carboxylic acids is 1. The summed E-state index contributed by atoms with van der Waals surface area (Å²) in [5.74, 6) is -1.08. The molecule has 162 valence electrons. The summed E-state index contributed by atoms with van der Waals surface area (Å²) in [4.78, 5) is 16.1. The number of carboxylic acid groups (broad SMARTS) is 1. The van der Waals surface area contributed by atoms with Crippen LogP contribution in [0.25, 0.3) is 0 Å². The first kappa shape index (κ1) is 23.6. The maximum Gasteiger partial charge on any atom is 0.353 e. The van der Waals surface area contributed by atoms with E-state index in [0.717, 1.165) is 11.4 Å². The second-order valence-electron chi connectivity index (χ2n) is 7.15. The Kier molecular flexibility index (Phi) is 8.01. The predicted molar refractivity (Wildman–Crippen MR) is 111 cm³/mol. The van der Waals surface area contributed by atoms with Gasteiger partial charge in [0.2, 0.25) is 0 Å². The summed E-state index contributed by atoms with van der Waals surface area (Å²) in [6.45, 7) is 1.31. The van der Waals surface area contributed by atoms with Gasteiger partial charge < -0.3 is 15.7 Å². The fourth-order valence-corrected chi connectivity index (χ4v) is 4.31. The topological polar surface area (TPSA) is 126 Å². The summed E-state index contributed by atoms with van der Waals surface area (Å²) in [5.41, 5.74) is 5.96. The van der Waals surface area contributed by atoms with Crippen molar-refractivity contribution in [3.05, 3.63) is 34.9 Å². The highest BCUT2D eigenvalue weighted by molar-refractivity contribution is 7.86. The van der Waals surface area contributed by atoms with Crippen molar-refractivity contribution < 1.29 is 23.2 Å². The van der Waals surface area contributed by atoms with E-state index in [2.05, 4.69) is 5.16 Å². The minimum Gasteiger partial charge on any atom is -0.477 e. The van der Waals surface area contributed by atoms with E-state index < -0.39 is 21.8 Å². The van der Waals surface area contributed by atoms with E-state index in [1.807, 2.05) is 24.3 Å². The average Bonchev–Trinajstić information content (AvgIpc) is 3.08. The highest BCUT2D eigenvalue weighted by Crippen LogP contribution is 2.35. The standard InChI is InChI=1S/C10H17N3O5S.C8H10ClN/c1-12(2)19(16,17)13-5-3-10(4-6-13)7-8(9(14)15)11-18-10;9-8-3-1-7(2-4-8)5-6-10/h3-7H2,1-2H3,(H,14,15);1-4H,5-6,10H2. The van der Waals surface area contributed by atoms with Gasteiger partial charge in [-0.1, -0.05) is 28.9 Å². The molecule has 1 saturated heterocycles. The molecule has 11 heteroatoms. The summed E-state index contributed by atoms with van der Waals surface area (Å²) < 4.78 is 26.4. The van der Waals surface area contributed by atoms with Crippen LogP contribution in [0.2, 0.25) is 5.02 Å². The van der Waals surface area contributed by atoms with E-state index in [1.54, 1.807) is 0 Å². The lowest BCUT2D eigenvalue weighted by atomic mass is 9.88. The molecule has 2 aliphatic heterocycles. The number of aliphatic carboxylic acids is 1. The van der Waals surface area contributed by atoms with Crippen LogP contribution in [0.5, 0.6) is 0 Å². The van der Waals surface area contributed by atoms with Crippen molar-refractivity contribution in [2.45, 2.75) is 31.3 Å². The van der Waals surface area contributed by atoms with Crippen LogP contribution in [0.1, 0.15) is 24.8 Å². The molecular weight excluding hydrogens is 420 g/mol. The van der Waals surface area contributed by atoms with Gasteiger partial charge >= 0.3 is 5.97 Å². The van der Waals surface area contributed by atoms with Crippen LogP contribution >= 0.6 is 11.6 Å². The van der Waals surface area contributed by atoms with Gasteiger partial charge in [-0.25, -0.2) is 4.79 Å². The number of carbonyl (C=O) groups is 1. The molecule has 29 heavy (non-hydrogen) atoms. The molecule has 0 atom stereocenters. The SMILES string of the molecule is CN(C)S(=O)(=O)N1CCC2(CC1)CC(C(=O)O)=NO2.NCCc1ccc(Cl)cc1. The number of halogens is 1. The van der Waals surface area contributed by atoms with Gasteiger partial charge in [-0.2, -0.15) is 17.0 Å². The summed E-state index contributed by atoms with van der Waals surface area (Å²) in [7, 11) is -0.452. The number of piperidine rings is 1. The Morgan fingerprint density at radius 3 is 2.34 bits per heavy atom. The zero-order valence-corrected chi connectivity index (χ0v) is 18.1. The molecule has 9 nitrogen and oxygen atoms in total. The number of benzene rings is 1. The zero-order chi connectivity index (χ0) is 21.7. The van der Waals surface area contributed by atoms with Crippen LogP contribution < -0.4 is 5.73 Å². The average molecular weight is 447 g/mol. The molecule has 1 aromatic rings. The van der Waals surface area contributed by atoms with E-state index in [1.165, 1.54) is 28.3 Å². The second-order valence-corrected chi connectivity index (χ2v) is 9.73. The monoisotopic (exact) mass is 446 g/mol. The normalized spacial score (nSPS) is 18.7. The van der Waals surface area contributed by atoms with Crippen LogP contribution in [0.15, 0.2) is 29.4 Å². The van der Waals surface area contributed by atoms with Crippen molar-refractivity contribution in [3.8, 4) is 0 Å². The van der Waals surface area contributed by atoms with Crippen LogP contribution in [0.3, 0.4) is 0 Å². The fraction of sp³-hybridized carbons (Fsp3) is 0.556. The molecule has 1 spiro atoms. The third kappa shape index (κ3) is 6.13. The van der Waals surface area contributed by atoms with Gasteiger partial charge in [0.05, 0.1) is 0 Å². The van der Waals surface area contributed by atoms with Crippen LogP contribution in [0, 0.1) is 0 Å². The lowest BCUT2D eigenvalue weighted by Crippen LogP contribution is -2.50. The summed E-state index contributed by atoms with van der Waals surface area (Å²) >= 11 is 5.68. The van der Waals surface area contributed by atoms with Crippen molar-refractivity contribution in [3.63, 3.8) is 0 Å². The van der Waals surface area contributed by atoms with Gasteiger partial charge in [-0.15, -0.1) is 0 Å². The minimum absolute atomic E-state index is 0.00363. The fourth-order valence-electron chi connectivity index (χ4n) is 3.08. The van der Waals surface area contributed by atoms with E-state index in [-0.39, 0.29) is 12.1 Å². The van der Waals surface area contributed by atoms with Crippen molar-refractivity contribution in [1.82, 2.24) is 8.61 Å². The maximum atomic E-state index is 11.9. The molecule has 1 aromatic carbocycles. The Bertz CT molecular complexity index is 834. The van der Waals surface area contributed by atoms with E-state index >= 15 is 0 Å². The molecule has 0 aliphatic carbocycles. The number of hydrogen-bond donors (Lipinski definition) is 2. The van der Waals surface area contributed by atoms with Crippen LogP contribution in [-0.4, -0.2) is 73.1 Å². The molecule has 0 aromatic heterocycles. The molecule has 0 saturated carbocycles. The molecule has 3 rings (SSSR count). The quantitative estimate of drug-likeness (QED) is 0.702. The number of hydrogen-bond acceptors (Lipinski definition) is 6. The lowest BCUT2D eigenvalue weighted by molar-refractivity contribution is -0.129. The molecule has 0 radical (unpaired) electrons. The van der Waals surface area contributed by atoms with E-state index in [9.17, 15) is 13.2 Å². The number of rotatable bonds is 5. The molecule has 0 amide bonds. The van der Waals surface area contributed by atoms with Gasteiger partial charge in [0.15, 0.2) is 5.71 Å². The maximum absolute atomic E-state index is 11.9. The van der Waals surface area contributed by atoms with Crippen molar-refractivity contribution in [2.75, 3.05) is 33.7 Å². The summed E-state index contributed by atoms with van der Waals surface area (Å²) in [5, 5.41) is 13.2. The Morgan fingerprint density at radius 1 is 1.31 bits per heavy atom. The van der Waals surface area contributed by atoms with E-state index in [0.29, 0.717) is 32.5 Å². The first-order valence-corrected chi connectivity index (χ1v) is 11.0. The minimum atomic E-state index is -3.42. The first-order chi connectivity index (χ1) is 13.6. The molecule has 0 bridgehead atoms. The highest BCUT2D eigenvalue weighted by atomic mass is 35.5. The molecule has 2 aliphatic rings. The number of nitrogens with two attached hydrogens (primary N) is 1. The Labute approximate surface area is 176 Å². The first-order valence-electron chi connectivity index (χ1n) is 9.20. The van der Waals surface area contributed by atoms with Gasteiger partial charge in [-0.05, 0) is 30.7 Å². The largest absolute Gasteiger partial charge is 0.477 e. The van der Waals surface area contributed by atoms with Gasteiger partial charge in [0, 0.05) is 51.5 Å². The molecule has 1 fully saturated rings. The van der Waals surface area contributed by atoms with E-state index in [4.69, 9.17) is 27.3 Å². The Balaban J connectivity index is 0.000000253. The van der Waals surface area contributed by atoms with Crippen molar-refractivity contribution in [2.24, 2.45) is 10.9 Å². The van der Waals surface area contributed by atoms with Crippen molar-refractivity contribution in [1.29, 1.82) is 0 Å². The highest BCUT2D eigenvalue weighted by Gasteiger charge is 2.45. The number of nitrogens with zero attached hydrogens (tertiary/aromatic N) is 3. The molecule has 0 unspecified atom stereocenters. The van der Waals surface area contributed by atoms with Gasteiger partial charge in [0.25, 0.3) is 10.2 Å². The molecular formula is C18H27ClN4O5S. The van der Waals surface area contributed by atoms with Crippen LogP contribution in [0.4, 0.5) is 0 Å². The second kappa shape index (κ2) is 9.86. The lowest BCUT2D eigenvalue weighted by Gasteiger charge is -2.37. The van der Waals surface area contributed by atoms with Gasteiger partial charge in [-0.3, -0.25) is 0 Å².